The predicted octanol–water partition coefficient (Wildman–Crippen LogP) is 2.33. The van der Waals surface area contributed by atoms with Crippen LogP contribution in [0.2, 0.25) is 5.02 Å². The molecule has 0 unspecified atom stereocenters. The minimum atomic E-state index is -1.38. The zero-order valence-electron chi connectivity index (χ0n) is 19.3. The molecule has 0 bridgehead atoms. The summed E-state index contributed by atoms with van der Waals surface area (Å²) in [5.41, 5.74) is -1.41. The Hall–Kier alpha value is -4.46. The zero-order chi connectivity index (χ0) is 26.4. The molecular weight excluding hydrogens is 515 g/mol. The van der Waals surface area contributed by atoms with Crippen molar-refractivity contribution in [3.63, 3.8) is 0 Å². The number of hydrogen-bond acceptors (Lipinski definition) is 7. The van der Waals surface area contributed by atoms with E-state index in [2.05, 4.69) is 25.5 Å². The van der Waals surface area contributed by atoms with Gasteiger partial charge in [0.05, 0.1) is 29.3 Å². The SMILES string of the molecule is Cn1cnc(Cn2c(=O)nc(Nc3cc4nn(C)cc4cc3Cl)n(Cc3cc(F)c(F)cc3F)c2=O)n1. The number of hydrogen-bond donors (Lipinski definition) is 1. The predicted molar refractivity (Wildman–Crippen MR) is 127 cm³/mol. The van der Waals surface area contributed by atoms with Crippen molar-refractivity contribution in [1.29, 1.82) is 0 Å². The van der Waals surface area contributed by atoms with Crippen molar-refractivity contribution in [3.05, 3.63) is 91.6 Å². The van der Waals surface area contributed by atoms with Crippen LogP contribution in [0.15, 0.2) is 46.4 Å². The van der Waals surface area contributed by atoms with Gasteiger partial charge in [0.15, 0.2) is 17.5 Å². The van der Waals surface area contributed by atoms with Gasteiger partial charge in [-0.1, -0.05) is 11.6 Å². The first-order valence-corrected chi connectivity index (χ1v) is 11.1. The topological polar surface area (TPSA) is 117 Å². The van der Waals surface area contributed by atoms with Crippen molar-refractivity contribution in [2.24, 2.45) is 14.1 Å². The fraction of sp³-hybridized carbons (Fsp3) is 0.182. The summed E-state index contributed by atoms with van der Waals surface area (Å²) in [6.45, 7) is -0.913. The summed E-state index contributed by atoms with van der Waals surface area (Å²) < 4.78 is 46.5. The van der Waals surface area contributed by atoms with Gasteiger partial charge in [0.25, 0.3) is 0 Å². The van der Waals surface area contributed by atoms with Crippen molar-refractivity contribution >= 4 is 34.1 Å². The van der Waals surface area contributed by atoms with E-state index in [0.29, 0.717) is 17.6 Å². The second-order valence-electron chi connectivity index (χ2n) is 8.18. The third-order valence-corrected chi connectivity index (χ3v) is 5.78. The van der Waals surface area contributed by atoms with E-state index >= 15 is 0 Å². The van der Waals surface area contributed by atoms with E-state index < -0.39 is 35.4 Å². The molecule has 0 saturated heterocycles. The molecular formula is C22H17ClF3N9O2. The molecule has 0 atom stereocenters. The van der Waals surface area contributed by atoms with Crippen LogP contribution in [-0.2, 0) is 27.2 Å². The first kappa shape index (κ1) is 24.2. The average Bonchev–Trinajstić information content (AvgIpc) is 3.40. The molecule has 0 aliphatic heterocycles. The monoisotopic (exact) mass is 531 g/mol. The lowest BCUT2D eigenvalue weighted by Crippen LogP contribution is -2.43. The van der Waals surface area contributed by atoms with Gasteiger partial charge >= 0.3 is 11.4 Å². The summed E-state index contributed by atoms with van der Waals surface area (Å²) in [4.78, 5) is 34.2. The van der Waals surface area contributed by atoms with E-state index in [1.54, 1.807) is 37.1 Å². The Bertz CT molecular complexity index is 1790. The van der Waals surface area contributed by atoms with Crippen molar-refractivity contribution in [2.75, 3.05) is 5.32 Å². The highest BCUT2D eigenvalue weighted by Crippen LogP contribution is 2.29. The number of rotatable bonds is 6. The number of fused-ring (bicyclic) bond motifs is 1. The standard InChI is InChI=1S/C22H17ClF3N9O2/c1-32-7-12-3-13(23)18(6-17(12)30-32)28-20-29-21(36)35(9-19-27-10-33(2)31-19)22(37)34(20)8-11-4-15(25)16(26)5-14(11)24/h3-7,10H,8-9H2,1-2H3,(H,28,29,36). The van der Waals surface area contributed by atoms with Crippen molar-refractivity contribution in [1.82, 2.24) is 38.7 Å². The van der Waals surface area contributed by atoms with Crippen molar-refractivity contribution in [3.8, 4) is 0 Å². The molecule has 0 amide bonds. The Kier molecular flexibility index (Phi) is 6.03. The Balaban J connectivity index is 1.64. The molecule has 37 heavy (non-hydrogen) atoms. The molecule has 0 saturated carbocycles. The second kappa shape index (κ2) is 9.20. The van der Waals surface area contributed by atoms with E-state index in [4.69, 9.17) is 11.6 Å². The number of anilines is 2. The van der Waals surface area contributed by atoms with E-state index in [0.717, 1.165) is 14.5 Å². The van der Waals surface area contributed by atoms with Gasteiger partial charge < -0.3 is 5.32 Å². The lowest BCUT2D eigenvalue weighted by molar-refractivity contribution is 0.485. The maximum Gasteiger partial charge on any atom is 0.355 e. The molecule has 15 heteroatoms. The van der Waals surface area contributed by atoms with Crippen LogP contribution in [0, 0.1) is 17.5 Å². The van der Waals surface area contributed by atoms with E-state index in [9.17, 15) is 22.8 Å². The van der Waals surface area contributed by atoms with E-state index in [1.165, 1.54) is 11.0 Å². The van der Waals surface area contributed by atoms with Crippen LogP contribution in [0.5, 0.6) is 0 Å². The smallest absolute Gasteiger partial charge is 0.324 e. The van der Waals surface area contributed by atoms with Gasteiger partial charge in [0.1, 0.15) is 12.1 Å². The Morgan fingerprint density at radius 2 is 1.68 bits per heavy atom. The Morgan fingerprint density at radius 3 is 2.41 bits per heavy atom. The fourth-order valence-corrected chi connectivity index (χ4v) is 3.96. The molecule has 5 aromatic rings. The van der Waals surface area contributed by atoms with Crippen LogP contribution < -0.4 is 16.7 Å². The van der Waals surface area contributed by atoms with Crippen LogP contribution >= 0.6 is 11.6 Å². The van der Waals surface area contributed by atoms with Gasteiger partial charge in [0.2, 0.25) is 5.95 Å². The summed E-state index contributed by atoms with van der Waals surface area (Å²) in [5.74, 6) is -3.93. The Labute approximate surface area is 210 Å². The molecule has 5 rings (SSSR count). The lowest BCUT2D eigenvalue weighted by Gasteiger charge is -2.16. The average molecular weight is 532 g/mol. The van der Waals surface area contributed by atoms with Crippen LogP contribution in [0.4, 0.5) is 24.8 Å². The zero-order valence-corrected chi connectivity index (χ0v) is 20.0. The van der Waals surface area contributed by atoms with Gasteiger partial charge in [-0.05, 0) is 18.2 Å². The second-order valence-corrected chi connectivity index (χ2v) is 8.59. The summed E-state index contributed by atoms with van der Waals surface area (Å²) >= 11 is 6.39. The third kappa shape index (κ3) is 4.70. The minimum Gasteiger partial charge on any atom is -0.324 e. The summed E-state index contributed by atoms with van der Waals surface area (Å²) in [6, 6.07) is 4.20. The minimum absolute atomic E-state index is 0.151. The molecule has 0 aliphatic rings. The van der Waals surface area contributed by atoms with Gasteiger partial charge in [0, 0.05) is 37.3 Å². The number of nitrogens with zero attached hydrogens (tertiary/aromatic N) is 8. The molecule has 0 radical (unpaired) electrons. The van der Waals surface area contributed by atoms with Gasteiger partial charge in [-0.25, -0.2) is 32.3 Å². The highest BCUT2D eigenvalue weighted by molar-refractivity contribution is 6.34. The lowest BCUT2D eigenvalue weighted by atomic mass is 10.2. The van der Waals surface area contributed by atoms with Crippen LogP contribution in [-0.4, -0.2) is 38.7 Å². The van der Waals surface area contributed by atoms with E-state index in [-0.39, 0.29) is 34.6 Å². The molecule has 3 heterocycles. The van der Waals surface area contributed by atoms with Crippen LogP contribution in [0.25, 0.3) is 10.9 Å². The highest BCUT2D eigenvalue weighted by atomic mass is 35.5. The van der Waals surface area contributed by atoms with Gasteiger partial charge in [-0.3, -0.25) is 13.9 Å². The third-order valence-electron chi connectivity index (χ3n) is 5.47. The molecule has 0 aliphatic carbocycles. The highest BCUT2D eigenvalue weighted by Gasteiger charge is 2.19. The fourth-order valence-electron chi connectivity index (χ4n) is 3.74. The number of nitrogens with one attached hydrogen (secondary N) is 1. The molecule has 190 valence electrons. The molecule has 2 aromatic carbocycles. The van der Waals surface area contributed by atoms with Crippen LogP contribution in [0.3, 0.4) is 0 Å². The molecule has 11 nitrogen and oxygen atoms in total. The largest absolute Gasteiger partial charge is 0.355 e. The number of aromatic nitrogens is 8. The van der Waals surface area contributed by atoms with E-state index in [1.807, 2.05) is 0 Å². The number of aryl methyl sites for hydroxylation is 2. The molecule has 3 aromatic heterocycles. The molecule has 0 fully saturated rings. The first-order chi connectivity index (χ1) is 17.6. The summed E-state index contributed by atoms with van der Waals surface area (Å²) in [7, 11) is 3.34. The quantitative estimate of drug-likeness (QED) is 0.334. The maximum atomic E-state index is 14.5. The van der Waals surface area contributed by atoms with Crippen molar-refractivity contribution < 1.29 is 13.2 Å². The summed E-state index contributed by atoms with van der Waals surface area (Å²) in [6.07, 6.45) is 3.13. The van der Waals surface area contributed by atoms with Gasteiger partial charge in [-0.2, -0.15) is 15.2 Å². The first-order valence-electron chi connectivity index (χ1n) is 10.7. The number of halogens is 4. The molecule has 1 N–H and O–H groups in total. The normalized spacial score (nSPS) is 11.4. The maximum absolute atomic E-state index is 14.5. The van der Waals surface area contributed by atoms with Crippen molar-refractivity contribution in [2.45, 2.75) is 13.1 Å². The summed E-state index contributed by atoms with van der Waals surface area (Å²) in [5, 5.41) is 12.1. The Morgan fingerprint density at radius 1 is 0.919 bits per heavy atom. The van der Waals surface area contributed by atoms with Gasteiger partial charge in [-0.15, -0.1) is 0 Å². The molecule has 0 spiro atoms. The van der Waals surface area contributed by atoms with Crippen LogP contribution in [0.1, 0.15) is 11.4 Å². The number of benzene rings is 2.